The van der Waals surface area contributed by atoms with Gasteiger partial charge in [-0.2, -0.15) is 0 Å². The molecule has 0 atom stereocenters. The van der Waals surface area contributed by atoms with Crippen LogP contribution in [-0.2, 0) is 4.74 Å². The van der Waals surface area contributed by atoms with Crippen molar-refractivity contribution in [1.82, 2.24) is 15.2 Å². The number of anilines is 1. The Morgan fingerprint density at radius 1 is 1.27 bits per heavy atom. The number of carbonyl (C=O) groups excluding carboxylic acids is 2. The van der Waals surface area contributed by atoms with E-state index in [-0.39, 0.29) is 18.2 Å². The molecule has 0 spiro atoms. The van der Waals surface area contributed by atoms with Crippen LogP contribution in [0.3, 0.4) is 0 Å². The molecule has 1 aromatic heterocycles. The number of aromatic nitrogens is 1. The molecule has 1 aliphatic rings. The van der Waals surface area contributed by atoms with Crippen molar-refractivity contribution in [1.29, 1.82) is 0 Å². The molecule has 0 saturated carbocycles. The predicted octanol–water partition coefficient (Wildman–Crippen LogP) is 3.55. The number of thiazole rings is 1. The van der Waals surface area contributed by atoms with E-state index in [1.54, 1.807) is 11.8 Å². The van der Waals surface area contributed by atoms with Crippen molar-refractivity contribution < 1.29 is 14.3 Å². The second kappa shape index (κ2) is 8.66. The maximum Gasteiger partial charge on any atom is 0.409 e. The van der Waals surface area contributed by atoms with Gasteiger partial charge >= 0.3 is 12.1 Å². The summed E-state index contributed by atoms with van der Waals surface area (Å²) in [6.07, 6.45) is 1.13. The molecule has 0 bridgehead atoms. The Labute approximate surface area is 156 Å². The second-order valence-corrected chi connectivity index (χ2v) is 6.82. The first-order valence-corrected chi connectivity index (χ1v) is 9.54. The van der Waals surface area contributed by atoms with Gasteiger partial charge in [0.1, 0.15) is 0 Å². The Balaban J connectivity index is 1.47. The summed E-state index contributed by atoms with van der Waals surface area (Å²) in [6, 6.07) is 9.60. The van der Waals surface area contributed by atoms with Crippen LogP contribution in [0.25, 0.3) is 11.3 Å². The third kappa shape index (κ3) is 4.72. The van der Waals surface area contributed by atoms with Gasteiger partial charge in [0, 0.05) is 30.1 Å². The number of amides is 3. The molecule has 2 N–H and O–H groups in total. The van der Waals surface area contributed by atoms with Crippen molar-refractivity contribution in [2.45, 2.75) is 25.8 Å². The molecule has 0 aliphatic carbocycles. The van der Waals surface area contributed by atoms with E-state index in [1.807, 2.05) is 35.7 Å². The van der Waals surface area contributed by atoms with Gasteiger partial charge in [-0.3, -0.25) is 5.32 Å². The summed E-state index contributed by atoms with van der Waals surface area (Å²) in [4.78, 5) is 30.0. The molecule has 1 fully saturated rings. The van der Waals surface area contributed by atoms with Gasteiger partial charge in [0.25, 0.3) is 0 Å². The second-order valence-electron chi connectivity index (χ2n) is 5.96. The van der Waals surface area contributed by atoms with Crippen LogP contribution in [0.5, 0.6) is 0 Å². The van der Waals surface area contributed by atoms with Crippen molar-refractivity contribution in [2.24, 2.45) is 0 Å². The molecule has 1 aliphatic heterocycles. The minimum absolute atomic E-state index is 0.0363. The number of nitrogens with zero attached hydrogens (tertiary/aromatic N) is 2. The lowest BCUT2D eigenvalue weighted by Crippen LogP contribution is -2.47. The molecule has 3 rings (SSSR count). The summed E-state index contributed by atoms with van der Waals surface area (Å²) < 4.78 is 5.00. The maximum atomic E-state index is 12.2. The molecule has 26 heavy (non-hydrogen) atoms. The van der Waals surface area contributed by atoms with E-state index in [2.05, 4.69) is 15.6 Å². The minimum Gasteiger partial charge on any atom is -0.450 e. The van der Waals surface area contributed by atoms with E-state index in [4.69, 9.17) is 4.74 Å². The third-order valence-corrected chi connectivity index (χ3v) is 4.91. The lowest BCUT2D eigenvalue weighted by atomic mass is 10.1. The Morgan fingerprint density at radius 3 is 2.69 bits per heavy atom. The van der Waals surface area contributed by atoms with E-state index in [0.717, 1.165) is 11.3 Å². The highest BCUT2D eigenvalue weighted by molar-refractivity contribution is 7.14. The smallest absolute Gasteiger partial charge is 0.409 e. The highest BCUT2D eigenvalue weighted by Gasteiger charge is 2.24. The lowest BCUT2D eigenvalue weighted by molar-refractivity contribution is 0.0959. The topological polar surface area (TPSA) is 83.6 Å². The number of piperidine rings is 1. The number of hydrogen-bond acceptors (Lipinski definition) is 5. The highest BCUT2D eigenvalue weighted by atomic mass is 32.1. The van der Waals surface area contributed by atoms with Crippen LogP contribution in [0.4, 0.5) is 14.7 Å². The zero-order valence-electron chi connectivity index (χ0n) is 14.6. The molecule has 3 amide bonds. The van der Waals surface area contributed by atoms with Gasteiger partial charge in [0.2, 0.25) is 0 Å². The Bertz CT molecular complexity index is 742. The van der Waals surface area contributed by atoms with Crippen LogP contribution in [0, 0.1) is 0 Å². The average molecular weight is 374 g/mol. The number of nitrogens with one attached hydrogen (secondary N) is 2. The average Bonchev–Trinajstić information content (AvgIpc) is 3.11. The van der Waals surface area contributed by atoms with Crippen molar-refractivity contribution in [2.75, 3.05) is 25.0 Å². The highest BCUT2D eigenvalue weighted by Crippen LogP contribution is 2.24. The number of urea groups is 1. The third-order valence-electron chi connectivity index (χ3n) is 4.15. The van der Waals surface area contributed by atoms with Gasteiger partial charge in [0.15, 0.2) is 5.13 Å². The molecule has 7 nitrogen and oxygen atoms in total. The van der Waals surface area contributed by atoms with Crippen LogP contribution >= 0.6 is 11.3 Å². The predicted molar refractivity (Wildman–Crippen MR) is 101 cm³/mol. The first-order valence-electron chi connectivity index (χ1n) is 8.66. The SMILES string of the molecule is CCOC(=O)N1CCC(NC(=O)Nc2nc(-c3ccccc3)cs2)CC1. The first-order chi connectivity index (χ1) is 12.7. The largest absolute Gasteiger partial charge is 0.450 e. The monoisotopic (exact) mass is 374 g/mol. The molecular formula is C18H22N4O3S. The molecule has 138 valence electrons. The lowest BCUT2D eigenvalue weighted by Gasteiger charge is -2.31. The number of rotatable bonds is 4. The first kappa shape index (κ1) is 18.2. The van der Waals surface area contributed by atoms with E-state index in [9.17, 15) is 9.59 Å². The van der Waals surface area contributed by atoms with Gasteiger partial charge in [-0.05, 0) is 19.8 Å². The van der Waals surface area contributed by atoms with E-state index < -0.39 is 0 Å². The number of hydrogen-bond donors (Lipinski definition) is 2. The Hall–Kier alpha value is -2.61. The summed E-state index contributed by atoms with van der Waals surface area (Å²) in [5.41, 5.74) is 1.86. The summed E-state index contributed by atoms with van der Waals surface area (Å²) in [7, 11) is 0. The van der Waals surface area contributed by atoms with E-state index in [0.29, 0.717) is 37.7 Å². The van der Waals surface area contributed by atoms with Crippen LogP contribution in [0.15, 0.2) is 35.7 Å². The maximum absolute atomic E-state index is 12.2. The van der Waals surface area contributed by atoms with E-state index in [1.165, 1.54) is 11.3 Å². The standard InChI is InChI=1S/C18H22N4O3S/c1-2-25-18(24)22-10-8-14(9-11-22)19-16(23)21-17-20-15(12-26-17)13-6-4-3-5-7-13/h3-7,12,14H,2,8-11H2,1H3,(H2,19,20,21,23). The Morgan fingerprint density at radius 2 is 2.00 bits per heavy atom. The number of ether oxygens (including phenoxy) is 1. The number of carbonyl (C=O) groups is 2. The quantitative estimate of drug-likeness (QED) is 0.857. The molecule has 2 heterocycles. The summed E-state index contributed by atoms with van der Waals surface area (Å²) >= 11 is 1.39. The van der Waals surface area contributed by atoms with Crippen molar-refractivity contribution in [3.63, 3.8) is 0 Å². The fraction of sp³-hybridized carbons (Fsp3) is 0.389. The summed E-state index contributed by atoms with van der Waals surface area (Å²) in [5.74, 6) is 0. The number of likely N-dealkylation sites (tertiary alicyclic amines) is 1. The fourth-order valence-electron chi connectivity index (χ4n) is 2.81. The van der Waals surface area contributed by atoms with E-state index >= 15 is 0 Å². The van der Waals surface area contributed by atoms with Crippen LogP contribution < -0.4 is 10.6 Å². The summed E-state index contributed by atoms with van der Waals surface area (Å²) in [6.45, 7) is 3.33. The van der Waals surface area contributed by atoms with Crippen LogP contribution in [-0.4, -0.2) is 47.7 Å². The minimum atomic E-state index is -0.286. The van der Waals surface area contributed by atoms with Gasteiger partial charge in [-0.15, -0.1) is 11.3 Å². The van der Waals surface area contributed by atoms with Crippen molar-refractivity contribution >= 4 is 28.6 Å². The number of benzene rings is 1. The fourth-order valence-corrected chi connectivity index (χ4v) is 3.53. The molecule has 1 saturated heterocycles. The Kier molecular flexibility index (Phi) is 6.06. The molecule has 2 aromatic rings. The van der Waals surface area contributed by atoms with Crippen molar-refractivity contribution in [3.8, 4) is 11.3 Å². The van der Waals surface area contributed by atoms with Gasteiger partial charge < -0.3 is 15.0 Å². The van der Waals surface area contributed by atoms with Gasteiger partial charge in [-0.25, -0.2) is 14.6 Å². The van der Waals surface area contributed by atoms with Crippen LogP contribution in [0.2, 0.25) is 0 Å². The zero-order valence-corrected chi connectivity index (χ0v) is 15.4. The molecule has 0 unspecified atom stereocenters. The molecular weight excluding hydrogens is 352 g/mol. The van der Waals surface area contributed by atoms with Gasteiger partial charge in [-0.1, -0.05) is 30.3 Å². The zero-order chi connectivity index (χ0) is 18.4. The van der Waals surface area contributed by atoms with Crippen molar-refractivity contribution in [3.05, 3.63) is 35.7 Å². The normalized spacial score (nSPS) is 14.7. The van der Waals surface area contributed by atoms with Gasteiger partial charge in [0.05, 0.1) is 12.3 Å². The van der Waals surface area contributed by atoms with Crippen LogP contribution in [0.1, 0.15) is 19.8 Å². The summed E-state index contributed by atoms with van der Waals surface area (Å²) in [5, 5.41) is 8.21. The molecule has 8 heteroatoms. The molecule has 0 radical (unpaired) electrons. The molecule has 1 aromatic carbocycles.